The fraction of sp³-hybridized carbons (Fsp3) is 0.462. The number of ether oxygens (including phenoxy) is 2. The fourth-order valence-corrected chi connectivity index (χ4v) is 1.52. The van der Waals surface area contributed by atoms with Crippen molar-refractivity contribution in [2.45, 2.75) is 26.4 Å². The average Bonchev–Trinajstić information content (AvgIpc) is 2.32. The summed E-state index contributed by atoms with van der Waals surface area (Å²) >= 11 is 0. The SMILES string of the molecule is CCOC(C)C(=O)Cc1cccc(OC)c1F. The molecule has 1 unspecified atom stereocenters. The van der Waals surface area contributed by atoms with E-state index in [1.807, 2.05) is 6.92 Å². The van der Waals surface area contributed by atoms with Gasteiger partial charge in [0.15, 0.2) is 17.3 Å². The van der Waals surface area contributed by atoms with Gasteiger partial charge in [-0.25, -0.2) is 4.39 Å². The third-order valence-corrected chi connectivity index (χ3v) is 2.50. The molecule has 0 spiro atoms. The van der Waals surface area contributed by atoms with Gasteiger partial charge in [0.05, 0.1) is 7.11 Å². The van der Waals surface area contributed by atoms with Crippen LogP contribution in [0.4, 0.5) is 4.39 Å². The van der Waals surface area contributed by atoms with Gasteiger partial charge >= 0.3 is 0 Å². The molecule has 0 aliphatic rings. The summed E-state index contributed by atoms with van der Waals surface area (Å²) in [6.07, 6.45) is -0.491. The molecule has 0 saturated carbocycles. The van der Waals surface area contributed by atoms with Crippen LogP contribution in [0.1, 0.15) is 19.4 Å². The van der Waals surface area contributed by atoms with Crippen molar-refractivity contribution in [2.75, 3.05) is 13.7 Å². The molecule has 0 fully saturated rings. The molecule has 0 bridgehead atoms. The molecule has 0 radical (unpaired) electrons. The highest BCUT2D eigenvalue weighted by atomic mass is 19.1. The third-order valence-electron chi connectivity index (χ3n) is 2.50. The van der Waals surface area contributed by atoms with Gasteiger partial charge in [0.25, 0.3) is 0 Å². The first-order chi connectivity index (χ1) is 8.10. The van der Waals surface area contributed by atoms with Crippen molar-refractivity contribution in [3.8, 4) is 5.75 Å². The smallest absolute Gasteiger partial charge is 0.168 e. The minimum atomic E-state index is -0.509. The highest BCUT2D eigenvalue weighted by Gasteiger charge is 2.17. The van der Waals surface area contributed by atoms with Crippen LogP contribution in [-0.4, -0.2) is 25.6 Å². The molecule has 94 valence electrons. The Morgan fingerprint density at radius 1 is 1.47 bits per heavy atom. The fourth-order valence-electron chi connectivity index (χ4n) is 1.52. The largest absolute Gasteiger partial charge is 0.494 e. The van der Waals surface area contributed by atoms with Crippen LogP contribution in [0, 0.1) is 5.82 Å². The van der Waals surface area contributed by atoms with E-state index >= 15 is 0 Å². The van der Waals surface area contributed by atoms with Crippen molar-refractivity contribution < 1.29 is 18.7 Å². The van der Waals surface area contributed by atoms with Crippen molar-refractivity contribution >= 4 is 5.78 Å². The monoisotopic (exact) mass is 240 g/mol. The van der Waals surface area contributed by atoms with E-state index in [9.17, 15) is 9.18 Å². The van der Waals surface area contributed by atoms with Gasteiger partial charge < -0.3 is 9.47 Å². The molecule has 0 aliphatic carbocycles. The summed E-state index contributed by atoms with van der Waals surface area (Å²) in [6.45, 7) is 3.95. The Morgan fingerprint density at radius 3 is 2.76 bits per heavy atom. The number of carbonyl (C=O) groups excluding carboxylic acids is 1. The predicted octanol–water partition coefficient (Wildman–Crippen LogP) is 2.37. The summed E-state index contributed by atoms with van der Waals surface area (Å²) in [5.41, 5.74) is 0.334. The van der Waals surface area contributed by atoms with Gasteiger partial charge in [-0.05, 0) is 25.5 Å². The van der Waals surface area contributed by atoms with Crippen LogP contribution in [0.3, 0.4) is 0 Å². The molecular weight excluding hydrogens is 223 g/mol. The predicted molar refractivity (Wildman–Crippen MR) is 62.8 cm³/mol. The van der Waals surface area contributed by atoms with Crippen LogP contribution in [0.25, 0.3) is 0 Å². The maximum atomic E-state index is 13.8. The van der Waals surface area contributed by atoms with E-state index in [0.29, 0.717) is 12.2 Å². The normalized spacial score (nSPS) is 12.2. The second-order valence-corrected chi connectivity index (χ2v) is 3.67. The second-order valence-electron chi connectivity index (χ2n) is 3.67. The molecule has 1 aromatic carbocycles. The number of benzene rings is 1. The maximum absolute atomic E-state index is 13.8. The third kappa shape index (κ3) is 3.53. The maximum Gasteiger partial charge on any atom is 0.168 e. The van der Waals surface area contributed by atoms with Crippen LogP contribution in [0.15, 0.2) is 18.2 Å². The lowest BCUT2D eigenvalue weighted by molar-refractivity contribution is -0.128. The highest BCUT2D eigenvalue weighted by molar-refractivity contribution is 5.85. The summed E-state index contributed by atoms with van der Waals surface area (Å²) in [5, 5.41) is 0. The number of carbonyl (C=O) groups is 1. The Hall–Kier alpha value is -1.42. The molecule has 4 heteroatoms. The van der Waals surface area contributed by atoms with Gasteiger partial charge in [-0.15, -0.1) is 0 Å². The standard InChI is InChI=1S/C13H17FO3/c1-4-17-9(2)11(15)8-10-6-5-7-12(16-3)13(10)14/h5-7,9H,4,8H2,1-3H3. The topological polar surface area (TPSA) is 35.5 Å². The van der Waals surface area contributed by atoms with E-state index in [0.717, 1.165) is 0 Å². The number of rotatable bonds is 6. The molecule has 1 rings (SSSR count). The van der Waals surface area contributed by atoms with E-state index < -0.39 is 11.9 Å². The number of methoxy groups -OCH3 is 1. The van der Waals surface area contributed by atoms with E-state index in [4.69, 9.17) is 9.47 Å². The quantitative estimate of drug-likeness (QED) is 0.765. The molecule has 1 atom stereocenters. The lowest BCUT2D eigenvalue weighted by Crippen LogP contribution is -2.23. The van der Waals surface area contributed by atoms with Crippen LogP contribution >= 0.6 is 0 Å². The van der Waals surface area contributed by atoms with Crippen LogP contribution in [0.2, 0.25) is 0 Å². The van der Waals surface area contributed by atoms with Gasteiger partial charge in [-0.3, -0.25) is 4.79 Å². The van der Waals surface area contributed by atoms with Crippen molar-refractivity contribution in [3.05, 3.63) is 29.6 Å². The molecular formula is C13H17FO3. The van der Waals surface area contributed by atoms with Gasteiger partial charge in [0.1, 0.15) is 6.10 Å². The van der Waals surface area contributed by atoms with Crippen molar-refractivity contribution in [2.24, 2.45) is 0 Å². The second kappa shape index (κ2) is 6.35. The van der Waals surface area contributed by atoms with Crippen LogP contribution in [-0.2, 0) is 16.0 Å². The molecule has 1 aromatic rings. The van der Waals surface area contributed by atoms with E-state index in [2.05, 4.69) is 0 Å². The first-order valence-electron chi connectivity index (χ1n) is 5.55. The molecule has 0 aromatic heterocycles. The Bertz CT molecular complexity index is 390. The molecule has 3 nitrogen and oxygen atoms in total. The Kier molecular flexibility index (Phi) is 5.10. The van der Waals surface area contributed by atoms with E-state index in [-0.39, 0.29) is 18.0 Å². The summed E-state index contributed by atoms with van der Waals surface area (Å²) in [4.78, 5) is 11.7. The van der Waals surface area contributed by atoms with E-state index in [1.54, 1.807) is 19.1 Å². The summed E-state index contributed by atoms with van der Waals surface area (Å²) in [6, 6.07) is 4.76. The molecule has 0 aliphatic heterocycles. The number of Topliss-reactive ketones (excluding diaryl/α,β-unsaturated/α-hetero) is 1. The lowest BCUT2D eigenvalue weighted by Gasteiger charge is -2.11. The molecule has 0 N–H and O–H groups in total. The number of hydrogen-bond donors (Lipinski definition) is 0. The number of hydrogen-bond acceptors (Lipinski definition) is 3. The lowest BCUT2D eigenvalue weighted by atomic mass is 10.1. The summed E-state index contributed by atoms with van der Waals surface area (Å²) in [7, 11) is 1.40. The Balaban J connectivity index is 2.78. The molecule has 0 amide bonds. The Labute approximate surface area is 101 Å². The zero-order valence-corrected chi connectivity index (χ0v) is 10.3. The van der Waals surface area contributed by atoms with Crippen molar-refractivity contribution in [1.82, 2.24) is 0 Å². The van der Waals surface area contributed by atoms with Crippen LogP contribution < -0.4 is 4.74 Å². The zero-order chi connectivity index (χ0) is 12.8. The summed E-state index contributed by atoms with van der Waals surface area (Å²) in [5.74, 6) is -0.467. The highest BCUT2D eigenvalue weighted by Crippen LogP contribution is 2.20. The van der Waals surface area contributed by atoms with Gasteiger partial charge in [-0.2, -0.15) is 0 Å². The Morgan fingerprint density at radius 2 is 2.18 bits per heavy atom. The number of ketones is 1. The van der Waals surface area contributed by atoms with Gasteiger partial charge in [-0.1, -0.05) is 12.1 Å². The first kappa shape index (κ1) is 13.6. The van der Waals surface area contributed by atoms with Crippen molar-refractivity contribution in [3.63, 3.8) is 0 Å². The zero-order valence-electron chi connectivity index (χ0n) is 10.3. The first-order valence-corrected chi connectivity index (χ1v) is 5.55. The van der Waals surface area contributed by atoms with Crippen LogP contribution in [0.5, 0.6) is 5.75 Å². The minimum Gasteiger partial charge on any atom is -0.494 e. The van der Waals surface area contributed by atoms with Gasteiger partial charge in [0.2, 0.25) is 0 Å². The van der Waals surface area contributed by atoms with E-state index in [1.165, 1.54) is 13.2 Å². The molecule has 0 heterocycles. The van der Waals surface area contributed by atoms with Crippen molar-refractivity contribution in [1.29, 1.82) is 0 Å². The molecule has 0 saturated heterocycles. The average molecular weight is 240 g/mol. The molecule has 17 heavy (non-hydrogen) atoms. The summed E-state index contributed by atoms with van der Waals surface area (Å²) < 4.78 is 23.8. The van der Waals surface area contributed by atoms with Gasteiger partial charge in [0, 0.05) is 13.0 Å². The number of halogens is 1. The minimum absolute atomic E-state index is 0.0181.